The Morgan fingerprint density at radius 1 is 1.10 bits per heavy atom. The molecule has 0 aliphatic heterocycles. The first-order valence-corrected chi connectivity index (χ1v) is 8.54. The summed E-state index contributed by atoms with van der Waals surface area (Å²) in [5.41, 5.74) is 1.03. The summed E-state index contributed by atoms with van der Waals surface area (Å²) in [4.78, 5) is 0. The summed E-state index contributed by atoms with van der Waals surface area (Å²) in [6.45, 7) is 6.32. The molecule has 21 heavy (non-hydrogen) atoms. The van der Waals surface area contributed by atoms with Crippen LogP contribution in [0.15, 0.2) is 24.3 Å². The second kappa shape index (κ2) is 7.84. The van der Waals surface area contributed by atoms with Crippen molar-refractivity contribution >= 4 is 0 Å². The van der Waals surface area contributed by atoms with E-state index in [9.17, 15) is 5.11 Å². The van der Waals surface area contributed by atoms with E-state index in [1.807, 2.05) is 38.1 Å². The number of rotatable bonds is 6. The molecular formula is C19H30O2. The highest BCUT2D eigenvalue weighted by atomic mass is 16.5. The predicted molar refractivity (Wildman–Crippen MR) is 87.5 cm³/mol. The Balaban J connectivity index is 1.90. The molecule has 0 saturated heterocycles. The van der Waals surface area contributed by atoms with E-state index in [4.69, 9.17) is 4.74 Å². The molecule has 1 aliphatic rings. The summed E-state index contributed by atoms with van der Waals surface area (Å²) in [5.74, 6) is 2.20. The maximum Gasteiger partial charge on any atom is 0.119 e. The van der Waals surface area contributed by atoms with Crippen molar-refractivity contribution in [2.24, 2.45) is 11.8 Å². The van der Waals surface area contributed by atoms with Crippen LogP contribution in [0.5, 0.6) is 5.75 Å². The van der Waals surface area contributed by atoms with Crippen molar-refractivity contribution in [3.05, 3.63) is 29.8 Å². The van der Waals surface area contributed by atoms with E-state index in [2.05, 4.69) is 6.92 Å². The number of aliphatic hydroxyl groups is 1. The smallest absolute Gasteiger partial charge is 0.119 e. The molecule has 1 fully saturated rings. The zero-order valence-electron chi connectivity index (χ0n) is 13.7. The lowest BCUT2D eigenvalue weighted by molar-refractivity contribution is 0.0721. The standard InChI is InChI=1S/C19H30O2/c1-4-5-15-6-8-16(9-7-15)19(20)17-10-12-18(13-11-17)21-14(2)3/h10-16,19-20H,4-9H2,1-3H3. The van der Waals surface area contributed by atoms with Gasteiger partial charge in [0.15, 0.2) is 0 Å². The lowest BCUT2D eigenvalue weighted by Crippen LogP contribution is -2.20. The minimum Gasteiger partial charge on any atom is -0.491 e. The van der Waals surface area contributed by atoms with Gasteiger partial charge in [0.05, 0.1) is 12.2 Å². The average molecular weight is 290 g/mol. The van der Waals surface area contributed by atoms with E-state index in [0.717, 1.165) is 30.1 Å². The van der Waals surface area contributed by atoms with E-state index in [0.29, 0.717) is 5.92 Å². The Morgan fingerprint density at radius 2 is 1.71 bits per heavy atom. The molecule has 118 valence electrons. The van der Waals surface area contributed by atoms with Crippen molar-refractivity contribution in [2.75, 3.05) is 0 Å². The summed E-state index contributed by atoms with van der Waals surface area (Å²) in [7, 11) is 0. The van der Waals surface area contributed by atoms with Gasteiger partial charge in [0.25, 0.3) is 0 Å². The Kier molecular flexibility index (Phi) is 6.10. The average Bonchev–Trinajstić information content (AvgIpc) is 2.48. The number of hydrogen-bond donors (Lipinski definition) is 1. The van der Waals surface area contributed by atoms with E-state index in [-0.39, 0.29) is 12.2 Å². The first-order chi connectivity index (χ1) is 10.1. The number of aliphatic hydroxyl groups excluding tert-OH is 1. The highest BCUT2D eigenvalue weighted by Gasteiger charge is 2.26. The van der Waals surface area contributed by atoms with Gasteiger partial charge in [0.1, 0.15) is 5.75 Å². The van der Waals surface area contributed by atoms with Crippen LogP contribution in [-0.2, 0) is 0 Å². The van der Waals surface area contributed by atoms with Crippen LogP contribution in [0.3, 0.4) is 0 Å². The van der Waals surface area contributed by atoms with Gasteiger partial charge in [-0.15, -0.1) is 0 Å². The molecule has 0 spiro atoms. The molecule has 2 rings (SSSR count). The van der Waals surface area contributed by atoms with Crippen molar-refractivity contribution in [3.63, 3.8) is 0 Å². The number of hydrogen-bond acceptors (Lipinski definition) is 2. The quantitative estimate of drug-likeness (QED) is 0.788. The van der Waals surface area contributed by atoms with E-state index >= 15 is 0 Å². The topological polar surface area (TPSA) is 29.5 Å². The van der Waals surface area contributed by atoms with E-state index in [1.165, 1.54) is 25.7 Å². The zero-order valence-corrected chi connectivity index (χ0v) is 13.7. The Bertz CT molecular complexity index is 402. The summed E-state index contributed by atoms with van der Waals surface area (Å²) >= 11 is 0. The predicted octanol–water partition coefficient (Wildman–Crippen LogP) is 5.11. The molecule has 1 unspecified atom stereocenters. The van der Waals surface area contributed by atoms with Gasteiger partial charge < -0.3 is 9.84 Å². The summed E-state index contributed by atoms with van der Waals surface area (Å²) in [6.07, 6.45) is 7.40. The van der Waals surface area contributed by atoms with E-state index < -0.39 is 0 Å². The fourth-order valence-electron chi connectivity index (χ4n) is 3.49. The van der Waals surface area contributed by atoms with Crippen molar-refractivity contribution in [1.82, 2.24) is 0 Å². The van der Waals surface area contributed by atoms with Gasteiger partial charge >= 0.3 is 0 Å². The minimum absolute atomic E-state index is 0.189. The third-order valence-electron chi connectivity index (χ3n) is 4.63. The fraction of sp³-hybridized carbons (Fsp3) is 0.684. The van der Waals surface area contributed by atoms with Crippen molar-refractivity contribution < 1.29 is 9.84 Å². The molecule has 1 aliphatic carbocycles. The van der Waals surface area contributed by atoms with Gasteiger partial charge in [-0.3, -0.25) is 0 Å². The maximum atomic E-state index is 10.6. The van der Waals surface area contributed by atoms with Gasteiger partial charge in [-0.1, -0.05) is 44.7 Å². The van der Waals surface area contributed by atoms with Crippen LogP contribution in [0, 0.1) is 11.8 Å². The molecule has 1 aromatic rings. The first-order valence-electron chi connectivity index (χ1n) is 8.54. The molecule has 2 heteroatoms. The molecule has 0 heterocycles. The van der Waals surface area contributed by atoms with Crippen LogP contribution in [-0.4, -0.2) is 11.2 Å². The lowest BCUT2D eigenvalue weighted by Gasteiger charge is -2.31. The minimum atomic E-state index is -0.319. The van der Waals surface area contributed by atoms with Crippen LogP contribution < -0.4 is 4.74 Å². The van der Waals surface area contributed by atoms with Crippen molar-refractivity contribution in [1.29, 1.82) is 0 Å². The largest absolute Gasteiger partial charge is 0.491 e. The number of ether oxygens (including phenoxy) is 1. The molecule has 0 amide bonds. The summed E-state index contributed by atoms with van der Waals surface area (Å²) < 4.78 is 5.65. The third-order valence-corrected chi connectivity index (χ3v) is 4.63. The van der Waals surface area contributed by atoms with Crippen molar-refractivity contribution in [2.45, 2.75) is 71.5 Å². The van der Waals surface area contributed by atoms with Gasteiger partial charge in [-0.25, -0.2) is 0 Å². The lowest BCUT2D eigenvalue weighted by atomic mass is 9.76. The second-order valence-corrected chi connectivity index (χ2v) is 6.75. The second-order valence-electron chi connectivity index (χ2n) is 6.75. The van der Waals surface area contributed by atoms with Gasteiger partial charge in [0.2, 0.25) is 0 Å². The fourth-order valence-corrected chi connectivity index (χ4v) is 3.49. The summed E-state index contributed by atoms with van der Waals surface area (Å²) in [5, 5.41) is 10.6. The first kappa shape index (κ1) is 16.4. The number of benzene rings is 1. The highest BCUT2D eigenvalue weighted by molar-refractivity contribution is 5.29. The molecule has 0 radical (unpaired) electrons. The molecule has 0 bridgehead atoms. The van der Waals surface area contributed by atoms with Crippen LogP contribution in [0.25, 0.3) is 0 Å². The van der Waals surface area contributed by atoms with Crippen LogP contribution in [0.4, 0.5) is 0 Å². The van der Waals surface area contributed by atoms with Gasteiger partial charge in [-0.2, -0.15) is 0 Å². The summed E-state index contributed by atoms with van der Waals surface area (Å²) in [6, 6.07) is 7.98. The molecule has 1 atom stereocenters. The molecule has 1 N–H and O–H groups in total. The monoisotopic (exact) mass is 290 g/mol. The Labute approximate surface area is 129 Å². The molecule has 2 nitrogen and oxygen atoms in total. The van der Waals surface area contributed by atoms with Crippen molar-refractivity contribution in [3.8, 4) is 5.75 Å². The molecule has 1 aromatic carbocycles. The molecular weight excluding hydrogens is 260 g/mol. The zero-order chi connectivity index (χ0) is 15.2. The normalized spacial score (nSPS) is 24.0. The highest BCUT2D eigenvalue weighted by Crippen LogP contribution is 2.38. The van der Waals surface area contributed by atoms with Crippen LogP contribution >= 0.6 is 0 Å². The SMILES string of the molecule is CCCC1CCC(C(O)c2ccc(OC(C)C)cc2)CC1. The van der Waals surface area contributed by atoms with Gasteiger partial charge in [0, 0.05) is 0 Å². The molecule has 1 saturated carbocycles. The Morgan fingerprint density at radius 3 is 2.24 bits per heavy atom. The van der Waals surface area contributed by atoms with Crippen LogP contribution in [0.1, 0.15) is 71.0 Å². The van der Waals surface area contributed by atoms with Crippen LogP contribution in [0.2, 0.25) is 0 Å². The van der Waals surface area contributed by atoms with E-state index in [1.54, 1.807) is 0 Å². The maximum absolute atomic E-state index is 10.6. The van der Waals surface area contributed by atoms with Gasteiger partial charge in [-0.05, 0) is 56.2 Å². The molecule has 0 aromatic heterocycles. The Hall–Kier alpha value is -1.02. The third kappa shape index (κ3) is 4.74.